The zero-order valence-corrected chi connectivity index (χ0v) is 18.5. The molecule has 7 nitrogen and oxygen atoms in total. The molecule has 0 atom stereocenters. The first-order chi connectivity index (χ1) is 12.7. The van der Waals surface area contributed by atoms with E-state index in [1.54, 1.807) is 11.0 Å². The molecule has 2 heterocycles. The van der Waals surface area contributed by atoms with E-state index in [2.05, 4.69) is 68.5 Å². The first-order valence-electron chi connectivity index (χ1n) is 8.98. The van der Waals surface area contributed by atoms with Gasteiger partial charge in [0, 0.05) is 39.4 Å². The first-order valence-corrected chi connectivity index (χ1v) is 8.98. The predicted octanol–water partition coefficient (Wildman–Crippen LogP) is 2.41. The highest BCUT2D eigenvalue weighted by molar-refractivity contribution is 14.0. The number of aliphatic imine (C=N–C) groups is 1. The van der Waals surface area contributed by atoms with E-state index < -0.39 is 0 Å². The molecule has 146 valence electrons. The number of benzene rings is 1. The lowest BCUT2D eigenvalue weighted by atomic mass is 10.2. The standard InChI is InChI=1S/C19H27N7.HI/c1-4-20-19(24(2)14-18-22-15-23-25(18)3)21-13-16-8-7-9-17(12-16)26-10-5-6-11-26;/h5-9,12,15H,4,10-11,13-14H2,1-3H3,(H,20,21);1H. The Labute approximate surface area is 178 Å². The van der Waals surface area contributed by atoms with Crippen molar-refractivity contribution >= 4 is 35.6 Å². The summed E-state index contributed by atoms with van der Waals surface area (Å²) in [5, 5.41) is 7.48. The van der Waals surface area contributed by atoms with Gasteiger partial charge in [-0.15, -0.1) is 24.0 Å². The maximum absolute atomic E-state index is 4.80. The lowest BCUT2D eigenvalue weighted by Gasteiger charge is -2.22. The van der Waals surface area contributed by atoms with Crippen LogP contribution in [0.1, 0.15) is 18.3 Å². The Balaban J connectivity index is 0.00000261. The SMILES string of the molecule is CCNC(=NCc1cccc(N2CC=CC2)c1)N(C)Cc1ncnn1C.I. The number of nitrogens with one attached hydrogen (secondary N) is 1. The zero-order valence-electron chi connectivity index (χ0n) is 16.2. The van der Waals surface area contributed by atoms with E-state index in [4.69, 9.17) is 4.99 Å². The smallest absolute Gasteiger partial charge is 0.194 e. The van der Waals surface area contributed by atoms with Gasteiger partial charge in [0.25, 0.3) is 0 Å². The lowest BCUT2D eigenvalue weighted by molar-refractivity contribution is 0.448. The molecule has 0 fully saturated rings. The van der Waals surface area contributed by atoms with Gasteiger partial charge in [0.05, 0.1) is 13.1 Å². The fourth-order valence-electron chi connectivity index (χ4n) is 2.93. The minimum Gasteiger partial charge on any atom is -0.364 e. The number of aromatic nitrogens is 3. The summed E-state index contributed by atoms with van der Waals surface area (Å²) < 4.78 is 1.79. The number of halogens is 1. The summed E-state index contributed by atoms with van der Waals surface area (Å²) in [7, 11) is 3.92. The molecule has 0 spiro atoms. The summed E-state index contributed by atoms with van der Waals surface area (Å²) in [5.41, 5.74) is 2.46. The number of nitrogens with zero attached hydrogens (tertiary/aromatic N) is 6. The molecular formula is C19H28IN7. The average molecular weight is 481 g/mol. The van der Waals surface area contributed by atoms with Crippen LogP contribution in [0.15, 0.2) is 47.7 Å². The third-order valence-corrected chi connectivity index (χ3v) is 4.39. The van der Waals surface area contributed by atoms with Crippen LogP contribution in [0.4, 0.5) is 5.69 Å². The second kappa shape index (κ2) is 10.3. The van der Waals surface area contributed by atoms with Gasteiger partial charge in [0.1, 0.15) is 12.2 Å². The Morgan fingerprint density at radius 3 is 2.74 bits per heavy atom. The Kier molecular flexibility index (Phi) is 8.08. The zero-order chi connectivity index (χ0) is 18.4. The van der Waals surface area contributed by atoms with Crippen LogP contribution >= 0.6 is 24.0 Å². The normalized spacial score (nSPS) is 13.6. The summed E-state index contributed by atoms with van der Waals surface area (Å²) in [6.45, 7) is 6.15. The number of rotatable bonds is 6. The van der Waals surface area contributed by atoms with E-state index in [1.807, 2.05) is 14.1 Å². The molecule has 27 heavy (non-hydrogen) atoms. The fourth-order valence-corrected chi connectivity index (χ4v) is 2.93. The van der Waals surface area contributed by atoms with Crippen LogP contribution in [0.2, 0.25) is 0 Å². The van der Waals surface area contributed by atoms with Gasteiger partial charge in [0.2, 0.25) is 0 Å². The highest BCUT2D eigenvalue weighted by atomic mass is 127. The van der Waals surface area contributed by atoms with Gasteiger partial charge in [-0.05, 0) is 24.6 Å². The van der Waals surface area contributed by atoms with E-state index in [9.17, 15) is 0 Å². The molecule has 8 heteroatoms. The second-order valence-corrected chi connectivity index (χ2v) is 6.37. The van der Waals surface area contributed by atoms with Crippen molar-refractivity contribution in [2.24, 2.45) is 12.0 Å². The van der Waals surface area contributed by atoms with Crippen molar-refractivity contribution in [3.05, 3.63) is 54.1 Å². The Bertz CT molecular complexity index is 776. The predicted molar refractivity (Wildman–Crippen MR) is 120 cm³/mol. The van der Waals surface area contributed by atoms with Crippen molar-refractivity contribution in [3.8, 4) is 0 Å². The number of hydrogen-bond donors (Lipinski definition) is 1. The van der Waals surface area contributed by atoms with Crippen LogP contribution in [0.5, 0.6) is 0 Å². The highest BCUT2D eigenvalue weighted by Crippen LogP contribution is 2.19. The summed E-state index contributed by atoms with van der Waals surface area (Å²) >= 11 is 0. The first kappa shape index (κ1) is 21.2. The Hall–Kier alpha value is -2.10. The minimum atomic E-state index is 0. The van der Waals surface area contributed by atoms with Gasteiger partial charge < -0.3 is 15.1 Å². The molecule has 3 rings (SSSR count). The third-order valence-electron chi connectivity index (χ3n) is 4.39. The van der Waals surface area contributed by atoms with Crippen LogP contribution in [0.25, 0.3) is 0 Å². The van der Waals surface area contributed by atoms with Gasteiger partial charge in [-0.1, -0.05) is 24.3 Å². The molecule has 2 aromatic rings. The summed E-state index contributed by atoms with van der Waals surface area (Å²) in [6.07, 6.45) is 5.98. The summed E-state index contributed by atoms with van der Waals surface area (Å²) in [5.74, 6) is 1.77. The van der Waals surface area contributed by atoms with Crippen molar-refractivity contribution in [3.63, 3.8) is 0 Å². The van der Waals surface area contributed by atoms with Crippen molar-refractivity contribution in [2.45, 2.75) is 20.0 Å². The average Bonchev–Trinajstić information content (AvgIpc) is 3.31. The molecule has 1 aromatic carbocycles. The minimum absolute atomic E-state index is 0. The van der Waals surface area contributed by atoms with Crippen LogP contribution in [-0.2, 0) is 20.1 Å². The Morgan fingerprint density at radius 1 is 1.30 bits per heavy atom. The number of anilines is 1. The quantitative estimate of drug-likeness (QED) is 0.297. The maximum atomic E-state index is 4.80. The maximum Gasteiger partial charge on any atom is 0.194 e. The molecule has 1 aromatic heterocycles. The van der Waals surface area contributed by atoms with Crippen LogP contribution in [-0.4, -0.2) is 52.3 Å². The molecule has 0 unspecified atom stereocenters. The van der Waals surface area contributed by atoms with Gasteiger partial charge in [-0.3, -0.25) is 4.68 Å². The lowest BCUT2D eigenvalue weighted by Crippen LogP contribution is -2.39. The fraction of sp³-hybridized carbons (Fsp3) is 0.421. The van der Waals surface area contributed by atoms with E-state index in [1.165, 1.54) is 11.3 Å². The van der Waals surface area contributed by atoms with E-state index in [0.717, 1.165) is 31.4 Å². The molecule has 0 aliphatic carbocycles. The molecule has 0 saturated heterocycles. The van der Waals surface area contributed by atoms with Crippen LogP contribution in [0, 0.1) is 0 Å². The topological polar surface area (TPSA) is 61.6 Å². The van der Waals surface area contributed by atoms with Crippen molar-refractivity contribution < 1.29 is 0 Å². The van der Waals surface area contributed by atoms with Crippen molar-refractivity contribution in [1.29, 1.82) is 0 Å². The van der Waals surface area contributed by atoms with Crippen LogP contribution in [0.3, 0.4) is 0 Å². The van der Waals surface area contributed by atoms with Gasteiger partial charge in [-0.25, -0.2) is 9.98 Å². The van der Waals surface area contributed by atoms with Crippen molar-refractivity contribution in [1.82, 2.24) is 25.0 Å². The Morgan fingerprint density at radius 2 is 2.07 bits per heavy atom. The van der Waals surface area contributed by atoms with Crippen molar-refractivity contribution in [2.75, 3.05) is 31.6 Å². The number of aryl methyl sites for hydroxylation is 1. The third kappa shape index (κ3) is 5.69. The number of hydrogen-bond acceptors (Lipinski definition) is 4. The monoisotopic (exact) mass is 481 g/mol. The van der Waals surface area contributed by atoms with Gasteiger partial charge in [0.15, 0.2) is 5.96 Å². The summed E-state index contributed by atoms with van der Waals surface area (Å²) in [4.78, 5) is 13.5. The summed E-state index contributed by atoms with van der Waals surface area (Å²) in [6, 6.07) is 8.62. The number of guanidine groups is 1. The molecule has 1 aliphatic heterocycles. The molecule has 0 bridgehead atoms. The molecule has 0 radical (unpaired) electrons. The largest absolute Gasteiger partial charge is 0.364 e. The van der Waals surface area contributed by atoms with E-state index in [0.29, 0.717) is 13.1 Å². The molecular weight excluding hydrogens is 453 g/mol. The van der Waals surface area contributed by atoms with Gasteiger partial charge >= 0.3 is 0 Å². The van der Waals surface area contributed by atoms with E-state index in [-0.39, 0.29) is 24.0 Å². The van der Waals surface area contributed by atoms with Crippen LogP contribution < -0.4 is 10.2 Å². The van der Waals surface area contributed by atoms with E-state index >= 15 is 0 Å². The molecule has 1 aliphatic rings. The molecule has 0 amide bonds. The van der Waals surface area contributed by atoms with Gasteiger partial charge in [-0.2, -0.15) is 5.10 Å². The second-order valence-electron chi connectivity index (χ2n) is 6.37. The highest BCUT2D eigenvalue weighted by Gasteiger charge is 2.11. The molecule has 0 saturated carbocycles. The molecule has 1 N–H and O–H groups in total.